The molecule has 0 heterocycles. The van der Waals surface area contributed by atoms with Gasteiger partial charge in [-0.25, -0.2) is 0 Å². The number of rotatable bonds is 6. The van der Waals surface area contributed by atoms with Gasteiger partial charge in [0.25, 0.3) is 0 Å². The summed E-state index contributed by atoms with van der Waals surface area (Å²) in [7, 11) is 2.17. The molecule has 0 spiro atoms. The molecule has 0 aromatic carbocycles. The van der Waals surface area contributed by atoms with Gasteiger partial charge in [0.15, 0.2) is 0 Å². The highest BCUT2D eigenvalue weighted by molar-refractivity contribution is 5.06. The van der Waals surface area contributed by atoms with Crippen LogP contribution in [0, 0.1) is 23.7 Å². The Kier molecular flexibility index (Phi) is 3.71. The van der Waals surface area contributed by atoms with Crippen LogP contribution in [0.3, 0.4) is 0 Å². The number of hydrogen-bond donors (Lipinski definition) is 1. The minimum Gasteiger partial charge on any atom is -0.317 e. The molecular formula is C14H27N. The van der Waals surface area contributed by atoms with Gasteiger partial charge >= 0.3 is 0 Å². The summed E-state index contributed by atoms with van der Waals surface area (Å²) < 4.78 is 0. The van der Waals surface area contributed by atoms with Gasteiger partial charge in [0, 0.05) is 6.04 Å². The summed E-state index contributed by atoms with van der Waals surface area (Å²) in [6.45, 7) is 4.68. The van der Waals surface area contributed by atoms with Crippen molar-refractivity contribution in [2.75, 3.05) is 7.05 Å². The monoisotopic (exact) mass is 209 g/mol. The zero-order valence-corrected chi connectivity index (χ0v) is 10.6. The van der Waals surface area contributed by atoms with E-state index in [0.29, 0.717) is 0 Å². The predicted octanol–water partition coefficient (Wildman–Crippen LogP) is 3.45. The molecule has 2 fully saturated rings. The zero-order chi connectivity index (χ0) is 10.8. The molecule has 0 radical (unpaired) electrons. The molecule has 3 unspecified atom stereocenters. The van der Waals surface area contributed by atoms with E-state index in [0.717, 1.165) is 29.7 Å². The smallest absolute Gasteiger partial charge is 0.0100 e. The Morgan fingerprint density at radius 1 is 1.13 bits per heavy atom. The van der Waals surface area contributed by atoms with E-state index in [4.69, 9.17) is 0 Å². The Balaban J connectivity index is 1.83. The highest BCUT2D eigenvalue weighted by Gasteiger charge is 2.55. The average Bonchev–Trinajstić information content (AvgIpc) is 2.75. The third kappa shape index (κ3) is 2.22. The molecular weight excluding hydrogens is 182 g/mol. The summed E-state index contributed by atoms with van der Waals surface area (Å²) in [6, 6.07) is 0.824. The number of nitrogens with one attached hydrogen (secondary N) is 1. The van der Waals surface area contributed by atoms with Gasteiger partial charge in [-0.1, -0.05) is 33.1 Å². The Morgan fingerprint density at radius 2 is 1.73 bits per heavy atom. The van der Waals surface area contributed by atoms with Crippen molar-refractivity contribution in [1.82, 2.24) is 5.32 Å². The van der Waals surface area contributed by atoms with E-state index >= 15 is 0 Å². The maximum Gasteiger partial charge on any atom is 0.0100 e. The minimum absolute atomic E-state index is 0.824. The Labute approximate surface area is 95.0 Å². The molecule has 88 valence electrons. The third-order valence-corrected chi connectivity index (χ3v) is 5.05. The minimum atomic E-state index is 0.824. The Bertz CT molecular complexity index is 188. The van der Waals surface area contributed by atoms with Crippen LogP contribution >= 0.6 is 0 Å². The van der Waals surface area contributed by atoms with Crippen molar-refractivity contribution >= 4 is 0 Å². The SMILES string of the molecule is CCC(CC)CC(NC)C1C2CCCC21. The van der Waals surface area contributed by atoms with Crippen molar-refractivity contribution in [3.63, 3.8) is 0 Å². The van der Waals surface area contributed by atoms with E-state index in [9.17, 15) is 0 Å². The van der Waals surface area contributed by atoms with Crippen LogP contribution in [0.2, 0.25) is 0 Å². The summed E-state index contributed by atoms with van der Waals surface area (Å²) in [6.07, 6.45) is 8.69. The van der Waals surface area contributed by atoms with Gasteiger partial charge in [0.1, 0.15) is 0 Å². The maximum atomic E-state index is 3.59. The van der Waals surface area contributed by atoms with Gasteiger partial charge in [-0.15, -0.1) is 0 Å². The van der Waals surface area contributed by atoms with Gasteiger partial charge in [-0.3, -0.25) is 0 Å². The van der Waals surface area contributed by atoms with Crippen molar-refractivity contribution in [3.05, 3.63) is 0 Å². The summed E-state index contributed by atoms with van der Waals surface area (Å²) >= 11 is 0. The predicted molar refractivity (Wildman–Crippen MR) is 65.9 cm³/mol. The molecule has 1 nitrogen and oxygen atoms in total. The maximum absolute atomic E-state index is 3.59. The zero-order valence-electron chi connectivity index (χ0n) is 10.6. The van der Waals surface area contributed by atoms with E-state index in [1.807, 2.05) is 0 Å². The number of fused-ring (bicyclic) bond motifs is 1. The molecule has 0 aromatic heterocycles. The molecule has 2 saturated carbocycles. The van der Waals surface area contributed by atoms with E-state index in [1.165, 1.54) is 38.5 Å². The number of hydrogen-bond acceptors (Lipinski definition) is 1. The lowest BCUT2D eigenvalue weighted by atomic mass is 9.90. The molecule has 0 saturated heterocycles. The van der Waals surface area contributed by atoms with Crippen LogP contribution in [0.5, 0.6) is 0 Å². The summed E-state index contributed by atoms with van der Waals surface area (Å²) in [5.41, 5.74) is 0. The molecule has 3 atom stereocenters. The lowest BCUT2D eigenvalue weighted by molar-refractivity contribution is 0.329. The first-order chi connectivity index (χ1) is 7.31. The van der Waals surface area contributed by atoms with Crippen molar-refractivity contribution < 1.29 is 0 Å². The van der Waals surface area contributed by atoms with Crippen LogP contribution in [-0.4, -0.2) is 13.1 Å². The topological polar surface area (TPSA) is 12.0 Å². The largest absolute Gasteiger partial charge is 0.317 e. The van der Waals surface area contributed by atoms with Crippen molar-refractivity contribution in [2.45, 2.75) is 58.4 Å². The van der Waals surface area contributed by atoms with Crippen LogP contribution in [0.4, 0.5) is 0 Å². The van der Waals surface area contributed by atoms with E-state index in [2.05, 4.69) is 26.2 Å². The quantitative estimate of drug-likeness (QED) is 0.706. The lowest BCUT2D eigenvalue weighted by Crippen LogP contribution is -2.31. The highest BCUT2D eigenvalue weighted by atomic mass is 14.9. The molecule has 0 bridgehead atoms. The van der Waals surface area contributed by atoms with Gasteiger partial charge in [0.05, 0.1) is 0 Å². The fourth-order valence-electron chi connectivity index (χ4n) is 3.92. The molecule has 1 heteroatoms. The fourth-order valence-corrected chi connectivity index (χ4v) is 3.92. The normalized spacial score (nSPS) is 35.6. The standard InChI is InChI=1S/C14H27N/c1-4-10(5-2)9-13(15-3)14-11-7-6-8-12(11)14/h10-15H,4-9H2,1-3H3. The summed E-state index contributed by atoms with van der Waals surface area (Å²) in [4.78, 5) is 0. The lowest BCUT2D eigenvalue weighted by Gasteiger charge is -2.23. The van der Waals surface area contributed by atoms with Crippen molar-refractivity contribution in [1.29, 1.82) is 0 Å². The van der Waals surface area contributed by atoms with Crippen LogP contribution in [0.25, 0.3) is 0 Å². The molecule has 0 aliphatic heterocycles. The van der Waals surface area contributed by atoms with Crippen LogP contribution < -0.4 is 5.32 Å². The molecule has 0 aromatic rings. The van der Waals surface area contributed by atoms with E-state index < -0.39 is 0 Å². The molecule has 2 rings (SSSR count). The van der Waals surface area contributed by atoms with Crippen molar-refractivity contribution in [2.24, 2.45) is 23.7 Å². The second-order valence-electron chi connectivity index (χ2n) is 5.65. The highest BCUT2D eigenvalue weighted by Crippen LogP contribution is 2.59. The second-order valence-corrected chi connectivity index (χ2v) is 5.65. The first-order valence-electron chi connectivity index (χ1n) is 6.99. The van der Waals surface area contributed by atoms with Gasteiger partial charge in [0.2, 0.25) is 0 Å². The summed E-state index contributed by atoms with van der Waals surface area (Å²) in [5.74, 6) is 4.21. The molecule has 0 amide bonds. The van der Waals surface area contributed by atoms with Gasteiger partial charge < -0.3 is 5.32 Å². The molecule has 2 aliphatic rings. The van der Waals surface area contributed by atoms with Gasteiger partial charge in [-0.05, 0) is 50.0 Å². The van der Waals surface area contributed by atoms with E-state index in [-0.39, 0.29) is 0 Å². The van der Waals surface area contributed by atoms with E-state index in [1.54, 1.807) is 0 Å². The van der Waals surface area contributed by atoms with Crippen LogP contribution in [0.1, 0.15) is 52.4 Å². The van der Waals surface area contributed by atoms with Crippen molar-refractivity contribution in [3.8, 4) is 0 Å². The average molecular weight is 209 g/mol. The first kappa shape index (κ1) is 11.4. The fraction of sp³-hybridized carbons (Fsp3) is 1.00. The first-order valence-corrected chi connectivity index (χ1v) is 6.99. The third-order valence-electron chi connectivity index (χ3n) is 5.05. The van der Waals surface area contributed by atoms with Crippen LogP contribution in [0.15, 0.2) is 0 Å². The Morgan fingerprint density at radius 3 is 2.20 bits per heavy atom. The molecule has 15 heavy (non-hydrogen) atoms. The summed E-state index contributed by atoms with van der Waals surface area (Å²) in [5, 5.41) is 3.59. The molecule has 1 N–H and O–H groups in total. The van der Waals surface area contributed by atoms with Crippen LogP contribution in [-0.2, 0) is 0 Å². The van der Waals surface area contributed by atoms with Gasteiger partial charge in [-0.2, -0.15) is 0 Å². The molecule has 2 aliphatic carbocycles. The second kappa shape index (κ2) is 4.86. The Hall–Kier alpha value is -0.0400.